The van der Waals surface area contributed by atoms with E-state index in [1.807, 2.05) is 0 Å². The molecule has 0 unspecified atom stereocenters. The Balaban J connectivity index is 1.71. The van der Waals surface area contributed by atoms with Gasteiger partial charge < -0.3 is 9.47 Å². The maximum atomic E-state index is 13.1. The van der Waals surface area contributed by atoms with Crippen molar-refractivity contribution >= 4 is 23.4 Å². The summed E-state index contributed by atoms with van der Waals surface area (Å²) in [5.74, 6) is -0.00447. The van der Waals surface area contributed by atoms with Crippen LogP contribution in [0.5, 0.6) is 5.75 Å². The third-order valence-electron chi connectivity index (χ3n) is 4.89. The maximum Gasteiger partial charge on any atom is 0.356 e. The number of likely N-dealkylation sites (tertiary alicyclic amines) is 1. The minimum atomic E-state index is -0.414. The van der Waals surface area contributed by atoms with Gasteiger partial charge in [0.1, 0.15) is 11.4 Å². The predicted octanol–water partition coefficient (Wildman–Crippen LogP) is 3.34. The van der Waals surface area contributed by atoms with Crippen molar-refractivity contribution < 1.29 is 19.1 Å². The monoisotopic (exact) mass is 405 g/mol. The van der Waals surface area contributed by atoms with Gasteiger partial charge in [-0.05, 0) is 44.5 Å². The molecule has 0 aliphatic carbocycles. The van der Waals surface area contributed by atoms with E-state index in [9.17, 15) is 9.59 Å². The molecule has 3 rings (SSSR count). The first-order valence-corrected chi connectivity index (χ1v) is 9.70. The molecule has 0 saturated carbocycles. The maximum absolute atomic E-state index is 13.1. The van der Waals surface area contributed by atoms with Crippen LogP contribution in [0.1, 0.15) is 46.2 Å². The van der Waals surface area contributed by atoms with E-state index in [4.69, 9.17) is 21.1 Å². The van der Waals surface area contributed by atoms with Crippen LogP contribution in [0.2, 0.25) is 5.02 Å². The average Bonchev–Trinajstić information content (AvgIpc) is 3.16. The van der Waals surface area contributed by atoms with Crippen LogP contribution in [-0.4, -0.2) is 53.7 Å². The van der Waals surface area contributed by atoms with E-state index in [2.05, 4.69) is 15.1 Å². The zero-order valence-electron chi connectivity index (χ0n) is 16.0. The molecule has 0 amide bonds. The first-order chi connectivity index (χ1) is 13.5. The lowest BCUT2D eigenvalue weighted by atomic mass is 9.89. The zero-order valence-corrected chi connectivity index (χ0v) is 16.8. The normalized spacial score (nSPS) is 17.3. The number of methoxy groups -OCH3 is 1. The number of hydrogen-bond donors (Lipinski definition) is 1. The Morgan fingerprint density at radius 3 is 2.96 bits per heavy atom. The third kappa shape index (κ3) is 4.54. The molecule has 1 aliphatic rings. The van der Waals surface area contributed by atoms with Gasteiger partial charge in [-0.25, -0.2) is 4.79 Å². The van der Waals surface area contributed by atoms with Gasteiger partial charge in [0.15, 0.2) is 5.78 Å². The predicted molar refractivity (Wildman–Crippen MR) is 105 cm³/mol. The molecule has 1 aromatic carbocycles. The lowest BCUT2D eigenvalue weighted by Gasteiger charge is -2.32. The van der Waals surface area contributed by atoms with E-state index in [0.717, 1.165) is 24.9 Å². The number of hydrogen-bond acceptors (Lipinski definition) is 6. The summed E-state index contributed by atoms with van der Waals surface area (Å²) in [5.41, 5.74) is 1.65. The molecule has 28 heavy (non-hydrogen) atoms. The van der Waals surface area contributed by atoms with E-state index in [1.54, 1.807) is 38.4 Å². The first-order valence-electron chi connectivity index (χ1n) is 9.33. The molecular formula is C20H24ClN3O4. The molecular weight excluding hydrogens is 382 g/mol. The fraction of sp³-hybridized carbons (Fsp3) is 0.450. The Kier molecular flexibility index (Phi) is 6.70. The van der Waals surface area contributed by atoms with Crippen LogP contribution in [0.15, 0.2) is 24.4 Å². The number of nitrogens with zero attached hydrogens (tertiary/aromatic N) is 2. The Labute approximate surface area is 169 Å². The number of H-pyrrole nitrogens is 1. The van der Waals surface area contributed by atoms with E-state index in [1.165, 1.54) is 0 Å². The zero-order chi connectivity index (χ0) is 20.1. The topological polar surface area (TPSA) is 84.5 Å². The SMILES string of the molecule is CCOC(=O)c1[nH]ncc1CN1CCC[C@H](C(=O)c2cc(Cl)ccc2OC)C1. The van der Waals surface area contributed by atoms with Crippen LogP contribution in [0, 0.1) is 5.92 Å². The van der Waals surface area contributed by atoms with Gasteiger partial charge in [-0.2, -0.15) is 5.10 Å². The summed E-state index contributed by atoms with van der Waals surface area (Å²) >= 11 is 6.08. The number of ether oxygens (including phenoxy) is 2. The average molecular weight is 406 g/mol. The van der Waals surface area contributed by atoms with Crippen LogP contribution in [0.4, 0.5) is 0 Å². The molecule has 0 radical (unpaired) electrons. The van der Waals surface area contributed by atoms with E-state index < -0.39 is 5.97 Å². The number of rotatable bonds is 7. The molecule has 2 aromatic rings. The van der Waals surface area contributed by atoms with E-state index in [-0.39, 0.29) is 11.7 Å². The summed E-state index contributed by atoms with van der Waals surface area (Å²) in [6.45, 7) is 4.05. The van der Waals surface area contributed by atoms with Crippen molar-refractivity contribution in [3.63, 3.8) is 0 Å². The van der Waals surface area contributed by atoms with E-state index >= 15 is 0 Å². The van der Waals surface area contributed by atoms with Crippen LogP contribution in [0.25, 0.3) is 0 Å². The fourth-order valence-corrected chi connectivity index (χ4v) is 3.73. The molecule has 0 spiro atoms. The van der Waals surface area contributed by atoms with Gasteiger partial charge in [0.05, 0.1) is 25.5 Å². The molecule has 2 heterocycles. The van der Waals surface area contributed by atoms with E-state index in [0.29, 0.717) is 41.7 Å². The van der Waals surface area contributed by atoms with Crippen molar-refractivity contribution in [1.29, 1.82) is 0 Å². The number of benzene rings is 1. The second kappa shape index (κ2) is 9.21. The van der Waals surface area contributed by atoms with Gasteiger partial charge in [-0.1, -0.05) is 11.6 Å². The number of nitrogens with one attached hydrogen (secondary N) is 1. The quantitative estimate of drug-likeness (QED) is 0.561. The van der Waals surface area contributed by atoms with Gasteiger partial charge in [0.25, 0.3) is 0 Å². The first kappa shape index (κ1) is 20.4. The lowest BCUT2D eigenvalue weighted by Crippen LogP contribution is -2.38. The largest absolute Gasteiger partial charge is 0.496 e. The number of Topliss-reactive ketones (excluding diaryl/α,β-unsaturated/α-hetero) is 1. The Hall–Kier alpha value is -2.38. The number of aromatic amines is 1. The minimum Gasteiger partial charge on any atom is -0.496 e. The molecule has 1 atom stereocenters. The number of piperidine rings is 1. The molecule has 0 bridgehead atoms. The summed E-state index contributed by atoms with van der Waals surface area (Å²) in [5, 5.41) is 7.19. The Morgan fingerprint density at radius 2 is 2.21 bits per heavy atom. The van der Waals surface area contributed by atoms with Gasteiger partial charge in [-0.3, -0.25) is 14.8 Å². The number of aromatic nitrogens is 2. The summed E-state index contributed by atoms with van der Waals surface area (Å²) in [6.07, 6.45) is 3.34. The van der Waals surface area contributed by atoms with Gasteiger partial charge in [0, 0.05) is 29.6 Å². The van der Waals surface area contributed by atoms with Crippen molar-refractivity contribution in [1.82, 2.24) is 15.1 Å². The summed E-state index contributed by atoms with van der Waals surface area (Å²) < 4.78 is 10.4. The molecule has 1 aromatic heterocycles. The highest BCUT2D eigenvalue weighted by atomic mass is 35.5. The number of halogens is 1. The molecule has 8 heteroatoms. The number of ketones is 1. The third-order valence-corrected chi connectivity index (χ3v) is 5.13. The fourth-order valence-electron chi connectivity index (χ4n) is 3.56. The van der Waals surface area contributed by atoms with Gasteiger partial charge in [-0.15, -0.1) is 0 Å². The lowest BCUT2D eigenvalue weighted by molar-refractivity contribution is 0.0515. The number of carbonyl (C=O) groups is 2. The van der Waals surface area contributed by atoms with Crippen LogP contribution in [0.3, 0.4) is 0 Å². The van der Waals surface area contributed by atoms with Gasteiger partial charge in [0.2, 0.25) is 0 Å². The second-order valence-electron chi connectivity index (χ2n) is 6.77. The molecule has 1 N–H and O–H groups in total. The molecule has 1 saturated heterocycles. The van der Waals surface area contributed by atoms with Crippen LogP contribution in [-0.2, 0) is 11.3 Å². The van der Waals surface area contributed by atoms with Crippen molar-refractivity contribution in [2.45, 2.75) is 26.3 Å². The summed E-state index contributed by atoms with van der Waals surface area (Å²) in [6, 6.07) is 5.09. The minimum absolute atomic E-state index is 0.0295. The highest BCUT2D eigenvalue weighted by Gasteiger charge is 2.29. The van der Waals surface area contributed by atoms with Crippen LogP contribution >= 0.6 is 11.6 Å². The standard InChI is InChI=1S/C20H24ClN3O4/c1-3-28-20(26)18-14(10-22-23-18)12-24-8-4-5-13(11-24)19(25)16-9-15(21)6-7-17(16)27-2/h6-7,9-10,13H,3-5,8,11-12H2,1-2H3,(H,22,23)/t13-/m0/s1. The number of esters is 1. The Morgan fingerprint density at radius 1 is 1.39 bits per heavy atom. The van der Waals surface area contributed by atoms with Gasteiger partial charge >= 0.3 is 5.97 Å². The molecule has 150 valence electrons. The highest BCUT2D eigenvalue weighted by molar-refractivity contribution is 6.31. The molecule has 1 aliphatic heterocycles. The summed E-state index contributed by atoms with van der Waals surface area (Å²) in [4.78, 5) is 27.3. The smallest absolute Gasteiger partial charge is 0.356 e. The van der Waals surface area contributed by atoms with Crippen molar-refractivity contribution in [3.05, 3.63) is 46.2 Å². The summed E-state index contributed by atoms with van der Waals surface area (Å²) in [7, 11) is 1.54. The van der Waals surface area contributed by atoms with Crippen LogP contribution < -0.4 is 4.74 Å². The second-order valence-corrected chi connectivity index (χ2v) is 7.21. The molecule has 7 nitrogen and oxygen atoms in total. The molecule has 1 fully saturated rings. The number of carbonyl (C=O) groups excluding carboxylic acids is 2. The highest BCUT2D eigenvalue weighted by Crippen LogP contribution is 2.29. The van der Waals surface area contributed by atoms with Crippen molar-refractivity contribution in [2.24, 2.45) is 5.92 Å². The van der Waals surface area contributed by atoms with Crippen molar-refractivity contribution in [3.8, 4) is 5.75 Å². The van der Waals surface area contributed by atoms with Crippen molar-refractivity contribution in [2.75, 3.05) is 26.8 Å². The Bertz CT molecular complexity index is 852.